The van der Waals surface area contributed by atoms with Crippen molar-refractivity contribution < 1.29 is 9.53 Å². The first kappa shape index (κ1) is 16.9. The number of Topliss-reactive ketones (excluding diaryl/α,β-unsaturated/α-hetero) is 1. The number of rotatable bonds is 3. The molecule has 26 heavy (non-hydrogen) atoms. The van der Waals surface area contributed by atoms with Crippen molar-refractivity contribution >= 4 is 49.2 Å². The highest BCUT2D eigenvalue weighted by Gasteiger charge is 2.22. The molecule has 0 radical (unpaired) electrons. The van der Waals surface area contributed by atoms with Gasteiger partial charge in [-0.15, -0.1) is 11.3 Å². The Labute approximate surface area is 158 Å². The Morgan fingerprint density at radius 2 is 1.92 bits per heavy atom. The van der Waals surface area contributed by atoms with E-state index in [9.17, 15) is 4.79 Å². The molecule has 0 fully saturated rings. The number of benzene rings is 1. The minimum absolute atomic E-state index is 0.0396. The summed E-state index contributed by atoms with van der Waals surface area (Å²) in [6.45, 7) is 3.40. The summed E-state index contributed by atoms with van der Waals surface area (Å²) in [6, 6.07) is 7.62. The van der Waals surface area contributed by atoms with E-state index >= 15 is 0 Å². The van der Waals surface area contributed by atoms with Gasteiger partial charge >= 0.3 is 0 Å². The van der Waals surface area contributed by atoms with E-state index in [0.717, 1.165) is 31.8 Å². The summed E-state index contributed by atoms with van der Waals surface area (Å²) in [4.78, 5) is 26.3. The van der Waals surface area contributed by atoms with Gasteiger partial charge in [-0.2, -0.15) is 0 Å². The van der Waals surface area contributed by atoms with Crippen LogP contribution in [0.15, 0.2) is 30.6 Å². The van der Waals surface area contributed by atoms with Gasteiger partial charge in [0.1, 0.15) is 22.1 Å². The molecule has 0 aliphatic carbocycles. The van der Waals surface area contributed by atoms with E-state index in [1.807, 2.05) is 31.2 Å². The van der Waals surface area contributed by atoms with E-state index in [2.05, 4.69) is 15.0 Å². The van der Waals surface area contributed by atoms with Crippen LogP contribution in [0.4, 0.5) is 0 Å². The van der Waals surface area contributed by atoms with Crippen LogP contribution in [0.1, 0.15) is 23.0 Å². The lowest BCUT2D eigenvalue weighted by molar-refractivity contribution is 0.101. The standard InChI is InChI=1S/C19H14ClN3O2S/c1-9-13(10(2)24)14(11-4-6-12(25-3)7-5-11)15-16-17(26-19(15)23-9)18(20)22-8-21-16/h4-8H,1-3H3. The molecule has 7 heteroatoms. The van der Waals surface area contributed by atoms with Crippen LogP contribution in [-0.4, -0.2) is 27.8 Å². The second kappa shape index (κ2) is 6.30. The Balaban J connectivity index is 2.19. The summed E-state index contributed by atoms with van der Waals surface area (Å²) < 4.78 is 6.02. The van der Waals surface area contributed by atoms with Gasteiger partial charge in [0, 0.05) is 16.5 Å². The zero-order valence-electron chi connectivity index (χ0n) is 14.3. The van der Waals surface area contributed by atoms with Crippen molar-refractivity contribution in [3.63, 3.8) is 0 Å². The Kier molecular flexibility index (Phi) is 4.09. The second-order valence-corrected chi connectivity index (χ2v) is 7.21. The number of fused-ring (bicyclic) bond motifs is 3. The third-order valence-corrected chi connectivity index (χ3v) is 5.75. The van der Waals surface area contributed by atoms with Gasteiger partial charge in [0.2, 0.25) is 0 Å². The normalized spacial score (nSPS) is 11.2. The van der Waals surface area contributed by atoms with Crippen LogP contribution in [0.2, 0.25) is 5.15 Å². The molecule has 0 saturated carbocycles. The number of methoxy groups -OCH3 is 1. The summed E-state index contributed by atoms with van der Waals surface area (Å²) in [5, 5.41) is 1.22. The Morgan fingerprint density at radius 1 is 1.19 bits per heavy atom. The first-order valence-corrected chi connectivity index (χ1v) is 9.09. The number of halogens is 1. The van der Waals surface area contributed by atoms with Crippen LogP contribution < -0.4 is 4.74 Å². The van der Waals surface area contributed by atoms with Crippen molar-refractivity contribution in [1.29, 1.82) is 0 Å². The van der Waals surface area contributed by atoms with Crippen LogP contribution in [0, 0.1) is 6.92 Å². The summed E-state index contributed by atoms with van der Waals surface area (Å²) in [6.07, 6.45) is 1.43. The van der Waals surface area contributed by atoms with E-state index in [1.165, 1.54) is 17.7 Å². The third kappa shape index (κ3) is 2.53. The molecule has 0 aliphatic rings. The molecule has 0 aliphatic heterocycles. The van der Waals surface area contributed by atoms with Gasteiger partial charge in [-0.25, -0.2) is 15.0 Å². The number of ether oxygens (including phenoxy) is 1. The van der Waals surface area contributed by atoms with Crippen molar-refractivity contribution in [1.82, 2.24) is 15.0 Å². The maximum absolute atomic E-state index is 12.4. The van der Waals surface area contributed by atoms with Crippen molar-refractivity contribution in [3.8, 4) is 16.9 Å². The molecule has 0 N–H and O–H groups in total. The topological polar surface area (TPSA) is 65.0 Å². The maximum atomic E-state index is 12.4. The second-order valence-electron chi connectivity index (χ2n) is 5.86. The zero-order chi connectivity index (χ0) is 18.4. The van der Waals surface area contributed by atoms with Gasteiger partial charge in [0.15, 0.2) is 5.78 Å². The molecule has 4 rings (SSSR count). The molecule has 4 aromatic rings. The fraction of sp³-hybridized carbons (Fsp3) is 0.158. The van der Waals surface area contributed by atoms with E-state index in [0.29, 0.717) is 21.9 Å². The smallest absolute Gasteiger partial charge is 0.162 e. The summed E-state index contributed by atoms with van der Waals surface area (Å²) >= 11 is 7.69. The molecule has 5 nitrogen and oxygen atoms in total. The van der Waals surface area contributed by atoms with E-state index < -0.39 is 0 Å². The quantitative estimate of drug-likeness (QED) is 0.364. The number of thiophene rings is 1. The van der Waals surface area contributed by atoms with Gasteiger partial charge in [0.25, 0.3) is 0 Å². The molecular weight excluding hydrogens is 370 g/mol. The van der Waals surface area contributed by atoms with Crippen LogP contribution >= 0.6 is 22.9 Å². The fourth-order valence-corrected chi connectivity index (χ4v) is 4.48. The zero-order valence-corrected chi connectivity index (χ0v) is 15.9. The van der Waals surface area contributed by atoms with E-state index in [1.54, 1.807) is 14.0 Å². The molecular formula is C19H14ClN3O2S. The summed E-state index contributed by atoms with van der Waals surface area (Å²) in [7, 11) is 1.62. The van der Waals surface area contributed by atoms with Crippen LogP contribution in [0.25, 0.3) is 31.6 Å². The van der Waals surface area contributed by atoms with Crippen molar-refractivity contribution in [2.24, 2.45) is 0 Å². The lowest BCUT2D eigenvalue weighted by Crippen LogP contribution is -2.03. The number of aryl methyl sites for hydroxylation is 1. The lowest BCUT2D eigenvalue weighted by Gasteiger charge is -2.12. The van der Waals surface area contributed by atoms with Crippen LogP contribution in [0.5, 0.6) is 5.75 Å². The molecule has 0 spiro atoms. The highest BCUT2D eigenvalue weighted by molar-refractivity contribution is 7.26. The van der Waals surface area contributed by atoms with Crippen LogP contribution in [-0.2, 0) is 0 Å². The van der Waals surface area contributed by atoms with Gasteiger partial charge in [-0.3, -0.25) is 4.79 Å². The number of hydrogen-bond donors (Lipinski definition) is 0. The number of aromatic nitrogens is 3. The molecule has 0 unspecified atom stereocenters. The van der Waals surface area contributed by atoms with Gasteiger partial charge < -0.3 is 4.74 Å². The first-order valence-electron chi connectivity index (χ1n) is 7.90. The molecule has 1 aromatic carbocycles. The predicted octanol–water partition coefficient (Wildman–Crippen LogP) is 5.08. The number of ketones is 1. The maximum Gasteiger partial charge on any atom is 0.162 e. The highest BCUT2D eigenvalue weighted by Crippen LogP contribution is 2.42. The molecule has 0 bridgehead atoms. The molecule has 0 saturated heterocycles. The Bertz CT molecular complexity index is 1170. The average molecular weight is 384 g/mol. The number of hydrogen-bond acceptors (Lipinski definition) is 6. The number of pyridine rings is 1. The lowest BCUT2D eigenvalue weighted by atomic mass is 9.94. The average Bonchev–Trinajstić information content (AvgIpc) is 3.00. The largest absolute Gasteiger partial charge is 0.497 e. The Morgan fingerprint density at radius 3 is 2.58 bits per heavy atom. The number of nitrogens with zero attached hydrogens (tertiary/aromatic N) is 3. The number of carbonyl (C=O) groups excluding carboxylic acids is 1. The summed E-state index contributed by atoms with van der Waals surface area (Å²) in [5.41, 5.74) is 3.72. The monoisotopic (exact) mass is 383 g/mol. The van der Waals surface area contributed by atoms with Gasteiger partial charge in [0.05, 0.1) is 23.0 Å². The highest BCUT2D eigenvalue weighted by atomic mass is 35.5. The molecule has 3 aromatic heterocycles. The fourth-order valence-electron chi connectivity index (χ4n) is 3.17. The molecule has 0 atom stereocenters. The van der Waals surface area contributed by atoms with Crippen LogP contribution in [0.3, 0.4) is 0 Å². The summed E-state index contributed by atoms with van der Waals surface area (Å²) in [5.74, 6) is 0.711. The van der Waals surface area contributed by atoms with Gasteiger partial charge in [-0.05, 0) is 31.5 Å². The molecule has 3 heterocycles. The molecule has 130 valence electrons. The van der Waals surface area contributed by atoms with Crippen molar-refractivity contribution in [2.75, 3.05) is 7.11 Å². The van der Waals surface area contributed by atoms with Gasteiger partial charge in [-0.1, -0.05) is 23.7 Å². The molecule has 0 amide bonds. The van der Waals surface area contributed by atoms with E-state index in [4.69, 9.17) is 16.3 Å². The third-order valence-electron chi connectivity index (χ3n) is 4.27. The van der Waals surface area contributed by atoms with Crippen molar-refractivity contribution in [3.05, 3.63) is 47.0 Å². The SMILES string of the molecule is COc1ccc(-c2c(C(C)=O)c(C)nc3sc4c(Cl)ncnc4c23)cc1. The number of carbonyl (C=O) groups is 1. The van der Waals surface area contributed by atoms with Crippen molar-refractivity contribution in [2.45, 2.75) is 13.8 Å². The Hall–Kier alpha value is -2.57. The first-order chi connectivity index (χ1) is 12.5. The van der Waals surface area contributed by atoms with E-state index in [-0.39, 0.29) is 5.78 Å². The minimum atomic E-state index is -0.0396. The minimum Gasteiger partial charge on any atom is -0.497 e. The predicted molar refractivity (Wildman–Crippen MR) is 104 cm³/mol.